The highest BCUT2D eigenvalue weighted by molar-refractivity contribution is 7.92. The molecule has 0 aliphatic rings. The van der Waals surface area contributed by atoms with Gasteiger partial charge in [0.1, 0.15) is 0 Å². The van der Waals surface area contributed by atoms with Gasteiger partial charge in [0.25, 0.3) is 0 Å². The maximum Gasteiger partial charge on any atom is 0.412 e. The van der Waals surface area contributed by atoms with Crippen molar-refractivity contribution >= 4 is 27.6 Å². The maximum atomic E-state index is 12.1. The first-order chi connectivity index (χ1) is 13.2. The van der Waals surface area contributed by atoms with Gasteiger partial charge in [0.15, 0.2) is 11.5 Å². The average Bonchev–Trinajstić information content (AvgIpc) is 2.96. The molecule has 2 rings (SSSR count). The first-order valence-electron chi connectivity index (χ1n) is 9.00. The molecule has 10 nitrogen and oxygen atoms in total. The standard InChI is InChI=1S/C17H26N6O4S/c1-5-6-7-8-11-27-17(24)19-16-15(20-22-23(16)3)14-10-9-13(12(2)18-14)21-28(4,25)26/h9-10,21H,5-8,11H2,1-4H3,(H,19,24). The summed E-state index contributed by atoms with van der Waals surface area (Å²) in [5, 5.41) is 10.6. The Morgan fingerprint density at radius 1 is 1.25 bits per heavy atom. The molecule has 28 heavy (non-hydrogen) atoms. The molecule has 0 spiro atoms. The van der Waals surface area contributed by atoms with Gasteiger partial charge >= 0.3 is 6.09 Å². The van der Waals surface area contributed by atoms with E-state index in [0.29, 0.717) is 35.2 Å². The quantitative estimate of drug-likeness (QED) is 0.608. The number of amides is 1. The normalized spacial score (nSPS) is 11.3. The van der Waals surface area contributed by atoms with E-state index < -0.39 is 16.1 Å². The molecule has 0 aliphatic carbocycles. The number of hydrogen-bond donors (Lipinski definition) is 2. The third-order valence-corrected chi connectivity index (χ3v) is 4.49. The number of unbranched alkanes of at least 4 members (excludes halogenated alkanes) is 3. The van der Waals surface area contributed by atoms with E-state index in [1.807, 2.05) is 0 Å². The van der Waals surface area contributed by atoms with Crippen molar-refractivity contribution in [2.24, 2.45) is 7.05 Å². The predicted octanol–water partition coefficient (Wildman–Crippen LogP) is 2.69. The molecule has 1 amide bonds. The lowest BCUT2D eigenvalue weighted by Gasteiger charge is -2.10. The number of carbonyl (C=O) groups is 1. The molecular weight excluding hydrogens is 384 g/mol. The van der Waals surface area contributed by atoms with Gasteiger partial charge in [-0.15, -0.1) is 5.10 Å². The molecule has 2 heterocycles. The maximum absolute atomic E-state index is 12.1. The third-order valence-electron chi connectivity index (χ3n) is 3.90. The molecule has 154 valence electrons. The van der Waals surface area contributed by atoms with Crippen LogP contribution in [-0.2, 0) is 21.8 Å². The van der Waals surface area contributed by atoms with Crippen LogP contribution in [0.5, 0.6) is 0 Å². The van der Waals surface area contributed by atoms with Gasteiger partial charge in [-0.05, 0) is 25.5 Å². The zero-order valence-electron chi connectivity index (χ0n) is 16.5. The van der Waals surface area contributed by atoms with Crippen LogP contribution in [0.2, 0.25) is 0 Å². The number of hydrogen-bond acceptors (Lipinski definition) is 7. The van der Waals surface area contributed by atoms with Gasteiger partial charge in [-0.2, -0.15) is 0 Å². The summed E-state index contributed by atoms with van der Waals surface area (Å²) in [6, 6.07) is 3.19. The molecule has 0 unspecified atom stereocenters. The Hall–Kier alpha value is -2.69. The minimum absolute atomic E-state index is 0.342. The minimum Gasteiger partial charge on any atom is -0.449 e. The Morgan fingerprint density at radius 2 is 2.00 bits per heavy atom. The van der Waals surface area contributed by atoms with Crippen molar-refractivity contribution in [1.29, 1.82) is 0 Å². The van der Waals surface area contributed by atoms with Crippen molar-refractivity contribution in [3.63, 3.8) is 0 Å². The van der Waals surface area contributed by atoms with Crippen LogP contribution in [0.1, 0.15) is 38.3 Å². The molecule has 0 saturated heterocycles. The smallest absolute Gasteiger partial charge is 0.412 e. The van der Waals surface area contributed by atoms with Gasteiger partial charge in [-0.1, -0.05) is 31.4 Å². The average molecular weight is 411 g/mol. The second-order valence-electron chi connectivity index (χ2n) is 6.44. The van der Waals surface area contributed by atoms with Crippen LogP contribution in [0.3, 0.4) is 0 Å². The van der Waals surface area contributed by atoms with E-state index >= 15 is 0 Å². The van der Waals surface area contributed by atoms with Gasteiger partial charge in [0.05, 0.1) is 29.9 Å². The van der Waals surface area contributed by atoms with E-state index in [0.717, 1.165) is 31.9 Å². The van der Waals surface area contributed by atoms with Crippen LogP contribution in [0.25, 0.3) is 11.4 Å². The zero-order chi connectivity index (χ0) is 20.7. The second-order valence-corrected chi connectivity index (χ2v) is 8.18. The molecule has 2 aromatic heterocycles. The van der Waals surface area contributed by atoms with Crippen LogP contribution in [0.15, 0.2) is 12.1 Å². The lowest BCUT2D eigenvalue weighted by molar-refractivity contribution is 0.159. The highest BCUT2D eigenvalue weighted by atomic mass is 32.2. The summed E-state index contributed by atoms with van der Waals surface area (Å²) in [7, 11) is -1.77. The Morgan fingerprint density at radius 3 is 2.64 bits per heavy atom. The van der Waals surface area contributed by atoms with Crippen molar-refractivity contribution in [3.05, 3.63) is 17.8 Å². The van der Waals surface area contributed by atoms with Crippen molar-refractivity contribution in [2.45, 2.75) is 39.5 Å². The predicted molar refractivity (Wildman–Crippen MR) is 107 cm³/mol. The number of anilines is 2. The molecule has 0 bridgehead atoms. The van der Waals surface area contributed by atoms with Gasteiger partial charge in [-0.3, -0.25) is 10.0 Å². The summed E-state index contributed by atoms with van der Waals surface area (Å²) < 4.78 is 31.8. The van der Waals surface area contributed by atoms with Crippen LogP contribution >= 0.6 is 0 Å². The lowest BCUT2D eigenvalue weighted by Crippen LogP contribution is -2.17. The number of rotatable bonds is 9. The number of nitrogens with zero attached hydrogens (tertiary/aromatic N) is 4. The molecule has 2 aromatic rings. The first-order valence-corrected chi connectivity index (χ1v) is 10.9. The van der Waals surface area contributed by atoms with E-state index in [9.17, 15) is 13.2 Å². The molecule has 0 atom stereocenters. The Kier molecular flexibility index (Phi) is 7.32. The summed E-state index contributed by atoms with van der Waals surface area (Å²) in [6.07, 6.45) is 4.53. The molecular formula is C17H26N6O4S. The SMILES string of the molecule is CCCCCCOC(=O)Nc1c(-c2ccc(NS(C)(=O)=O)c(C)n2)nnn1C. The van der Waals surface area contributed by atoms with Gasteiger partial charge in [0.2, 0.25) is 10.0 Å². The number of ether oxygens (including phenoxy) is 1. The van der Waals surface area contributed by atoms with E-state index in [4.69, 9.17) is 4.74 Å². The second kappa shape index (κ2) is 9.49. The number of sulfonamides is 1. The monoisotopic (exact) mass is 410 g/mol. The van der Waals surface area contributed by atoms with Crippen LogP contribution in [-0.4, -0.2) is 47.4 Å². The zero-order valence-corrected chi connectivity index (χ0v) is 17.3. The first kappa shape index (κ1) is 21.6. The molecule has 0 aromatic carbocycles. The molecule has 0 aliphatic heterocycles. The fourth-order valence-electron chi connectivity index (χ4n) is 2.50. The Balaban J connectivity index is 2.12. The molecule has 0 fully saturated rings. The highest BCUT2D eigenvalue weighted by Crippen LogP contribution is 2.26. The lowest BCUT2D eigenvalue weighted by atomic mass is 10.2. The summed E-state index contributed by atoms with van der Waals surface area (Å²) in [6.45, 7) is 4.13. The van der Waals surface area contributed by atoms with Gasteiger partial charge < -0.3 is 4.74 Å². The number of pyridine rings is 1. The molecule has 2 N–H and O–H groups in total. The highest BCUT2D eigenvalue weighted by Gasteiger charge is 2.18. The van der Waals surface area contributed by atoms with E-state index in [1.54, 1.807) is 26.1 Å². The largest absolute Gasteiger partial charge is 0.449 e. The number of aryl methyl sites for hydroxylation is 2. The summed E-state index contributed by atoms with van der Waals surface area (Å²) >= 11 is 0. The minimum atomic E-state index is -3.41. The van der Waals surface area contributed by atoms with Crippen LogP contribution < -0.4 is 10.0 Å². The van der Waals surface area contributed by atoms with Crippen molar-refractivity contribution in [2.75, 3.05) is 22.9 Å². The topological polar surface area (TPSA) is 128 Å². The Labute approximate surface area is 164 Å². The third kappa shape index (κ3) is 6.19. The molecule has 0 radical (unpaired) electrons. The summed E-state index contributed by atoms with van der Waals surface area (Å²) in [5.41, 5.74) is 1.65. The van der Waals surface area contributed by atoms with E-state index in [2.05, 4.69) is 32.3 Å². The van der Waals surface area contributed by atoms with Crippen LogP contribution in [0.4, 0.5) is 16.3 Å². The van der Waals surface area contributed by atoms with E-state index in [-0.39, 0.29) is 0 Å². The van der Waals surface area contributed by atoms with Crippen LogP contribution in [0, 0.1) is 6.92 Å². The molecule has 11 heteroatoms. The molecule has 0 saturated carbocycles. The van der Waals surface area contributed by atoms with Crippen molar-refractivity contribution < 1.29 is 17.9 Å². The number of nitrogens with one attached hydrogen (secondary N) is 2. The van der Waals surface area contributed by atoms with Crippen molar-refractivity contribution in [3.8, 4) is 11.4 Å². The van der Waals surface area contributed by atoms with Gasteiger partial charge in [0, 0.05) is 7.05 Å². The fourth-order valence-corrected chi connectivity index (χ4v) is 3.11. The number of aromatic nitrogens is 4. The summed E-state index contributed by atoms with van der Waals surface area (Å²) in [5.74, 6) is 0.342. The fraction of sp³-hybridized carbons (Fsp3) is 0.529. The summed E-state index contributed by atoms with van der Waals surface area (Å²) in [4.78, 5) is 16.4. The Bertz CT molecular complexity index is 926. The van der Waals surface area contributed by atoms with E-state index in [1.165, 1.54) is 4.68 Å². The van der Waals surface area contributed by atoms with Crippen molar-refractivity contribution in [1.82, 2.24) is 20.0 Å². The van der Waals surface area contributed by atoms with Gasteiger partial charge in [-0.25, -0.2) is 22.9 Å². The number of carbonyl (C=O) groups excluding carboxylic acids is 1.